The van der Waals surface area contributed by atoms with E-state index in [0.717, 1.165) is 10.0 Å². The Hall–Kier alpha value is -2.65. The van der Waals surface area contributed by atoms with E-state index in [2.05, 4.69) is 21.2 Å². The number of benzene rings is 2. The number of amides is 1. The van der Waals surface area contributed by atoms with E-state index in [-0.39, 0.29) is 24.0 Å². The van der Waals surface area contributed by atoms with Gasteiger partial charge >= 0.3 is 0 Å². The van der Waals surface area contributed by atoms with Crippen molar-refractivity contribution >= 4 is 27.9 Å². The Balaban J connectivity index is 2.26. The van der Waals surface area contributed by atoms with E-state index >= 15 is 0 Å². The van der Waals surface area contributed by atoms with Gasteiger partial charge in [-0.1, -0.05) is 28.1 Å². The number of ether oxygens (including phenoxy) is 1. The minimum atomic E-state index is -0.438. The third kappa shape index (κ3) is 5.71. The molecular formula is C20H18BrFN2O2. The molecule has 0 aliphatic heterocycles. The Morgan fingerprint density at radius 1 is 1.31 bits per heavy atom. The standard InChI is InChI=1S/C20H18BrFN2O2/c1-13(2)24-20(25)16(11-23)9-15-10-17(21)5-8-19(15)26-12-14-3-6-18(22)7-4-14/h3-10,13H,12H2,1-2H3,(H,24,25)/b16-9-. The van der Waals surface area contributed by atoms with Gasteiger partial charge in [0, 0.05) is 16.1 Å². The van der Waals surface area contributed by atoms with Gasteiger partial charge < -0.3 is 10.1 Å². The molecule has 0 atom stereocenters. The maximum absolute atomic E-state index is 13.0. The SMILES string of the molecule is CC(C)NC(=O)/C(C#N)=C\c1cc(Br)ccc1OCc1ccc(F)cc1. The molecule has 0 spiro atoms. The van der Waals surface area contributed by atoms with E-state index < -0.39 is 5.91 Å². The van der Waals surface area contributed by atoms with Crippen LogP contribution in [0.3, 0.4) is 0 Å². The highest BCUT2D eigenvalue weighted by atomic mass is 79.9. The van der Waals surface area contributed by atoms with Gasteiger partial charge in [0.25, 0.3) is 5.91 Å². The number of carbonyl (C=O) groups excluding carboxylic acids is 1. The monoisotopic (exact) mass is 416 g/mol. The summed E-state index contributed by atoms with van der Waals surface area (Å²) in [5.74, 6) is -0.231. The zero-order chi connectivity index (χ0) is 19.1. The van der Waals surface area contributed by atoms with Crippen molar-refractivity contribution in [1.29, 1.82) is 5.26 Å². The predicted octanol–water partition coefficient (Wildman–Crippen LogP) is 4.60. The molecule has 0 heterocycles. The molecule has 2 rings (SSSR count). The molecule has 6 heteroatoms. The summed E-state index contributed by atoms with van der Waals surface area (Å²) in [7, 11) is 0. The number of halogens is 2. The molecule has 0 aliphatic carbocycles. The average Bonchev–Trinajstić information content (AvgIpc) is 2.59. The van der Waals surface area contributed by atoms with Crippen LogP contribution < -0.4 is 10.1 Å². The average molecular weight is 417 g/mol. The van der Waals surface area contributed by atoms with Crippen molar-refractivity contribution in [3.63, 3.8) is 0 Å². The van der Waals surface area contributed by atoms with Crippen LogP contribution in [0.2, 0.25) is 0 Å². The van der Waals surface area contributed by atoms with Crippen LogP contribution in [0.5, 0.6) is 5.75 Å². The van der Waals surface area contributed by atoms with Gasteiger partial charge in [-0.3, -0.25) is 4.79 Å². The van der Waals surface area contributed by atoms with Crippen LogP contribution in [0.4, 0.5) is 4.39 Å². The lowest BCUT2D eigenvalue weighted by atomic mass is 10.1. The molecule has 0 saturated carbocycles. The first-order valence-corrected chi connectivity index (χ1v) is 8.78. The van der Waals surface area contributed by atoms with Crippen molar-refractivity contribution in [2.75, 3.05) is 0 Å². The van der Waals surface area contributed by atoms with Gasteiger partial charge in [0.1, 0.15) is 29.8 Å². The Labute approximate surface area is 160 Å². The van der Waals surface area contributed by atoms with Crippen molar-refractivity contribution in [2.24, 2.45) is 0 Å². The number of rotatable bonds is 6. The van der Waals surface area contributed by atoms with E-state index in [1.54, 1.807) is 30.3 Å². The summed E-state index contributed by atoms with van der Waals surface area (Å²) in [5, 5.41) is 12.0. The Bertz CT molecular complexity index is 855. The molecule has 0 fully saturated rings. The minimum absolute atomic E-state index is 0.0107. The molecule has 0 saturated heterocycles. The molecule has 4 nitrogen and oxygen atoms in total. The zero-order valence-corrected chi connectivity index (χ0v) is 16.0. The largest absolute Gasteiger partial charge is 0.488 e. The van der Waals surface area contributed by atoms with E-state index in [4.69, 9.17) is 4.74 Å². The highest BCUT2D eigenvalue weighted by Crippen LogP contribution is 2.26. The van der Waals surface area contributed by atoms with Crippen LogP contribution in [-0.2, 0) is 11.4 Å². The smallest absolute Gasteiger partial charge is 0.262 e. The van der Waals surface area contributed by atoms with Crippen LogP contribution in [0.1, 0.15) is 25.0 Å². The van der Waals surface area contributed by atoms with Crippen LogP contribution in [0.25, 0.3) is 6.08 Å². The fourth-order valence-corrected chi connectivity index (χ4v) is 2.53. The fraction of sp³-hybridized carbons (Fsp3) is 0.200. The predicted molar refractivity (Wildman–Crippen MR) is 102 cm³/mol. The first kappa shape index (κ1) is 19.7. The van der Waals surface area contributed by atoms with Gasteiger partial charge in [-0.2, -0.15) is 5.26 Å². The number of carbonyl (C=O) groups is 1. The summed E-state index contributed by atoms with van der Waals surface area (Å²) in [6.07, 6.45) is 1.49. The third-order valence-corrected chi connectivity index (χ3v) is 3.86. The quantitative estimate of drug-likeness (QED) is 0.552. The third-order valence-electron chi connectivity index (χ3n) is 3.36. The lowest BCUT2D eigenvalue weighted by Gasteiger charge is -2.11. The molecule has 26 heavy (non-hydrogen) atoms. The first-order chi connectivity index (χ1) is 12.4. The van der Waals surface area contributed by atoms with Gasteiger partial charge in [-0.05, 0) is 55.8 Å². The van der Waals surface area contributed by atoms with E-state index in [0.29, 0.717) is 11.3 Å². The van der Waals surface area contributed by atoms with Crippen LogP contribution in [-0.4, -0.2) is 11.9 Å². The molecule has 0 radical (unpaired) electrons. The lowest BCUT2D eigenvalue weighted by Crippen LogP contribution is -2.30. The van der Waals surface area contributed by atoms with Crippen molar-refractivity contribution < 1.29 is 13.9 Å². The van der Waals surface area contributed by atoms with Gasteiger partial charge in [-0.15, -0.1) is 0 Å². The molecular weight excluding hydrogens is 399 g/mol. The van der Waals surface area contributed by atoms with Crippen molar-refractivity contribution in [3.8, 4) is 11.8 Å². The maximum atomic E-state index is 13.0. The molecule has 1 N–H and O–H groups in total. The van der Waals surface area contributed by atoms with Crippen LogP contribution in [0.15, 0.2) is 52.5 Å². The number of nitrogens with zero attached hydrogens (tertiary/aromatic N) is 1. The first-order valence-electron chi connectivity index (χ1n) is 7.98. The molecule has 0 aliphatic rings. The van der Waals surface area contributed by atoms with Crippen molar-refractivity contribution in [1.82, 2.24) is 5.32 Å². The highest BCUT2D eigenvalue weighted by molar-refractivity contribution is 9.10. The summed E-state index contributed by atoms with van der Waals surface area (Å²) in [6, 6.07) is 13.2. The van der Waals surface area contributed by atoms with Gasteiger partial charge in [0.15, 0.2) is 0 Å². The Morgan fingerprint density at radius 3 is 2.62 bits per heavy atom. The molecule has 0 bridgehead atoms. The Kier molecular flexibility index (Phi) is 6.93. The van der Waals surface area contributed by atoms with E-state index in [1.165, 1.54) is 18.2 Å². The number of nitriles is 1. The van der Waals surface area contributed by atoms with Gasteiger partial charge in [0.2, 0.25) is 0 Å². The second-order valence-corrected chi connectivity index (χ2v) is 6.81. The minimum Gasteiger partial charge on any atom is -0.488 e. The molecule has 134 valence electrons. The number of hydrogen-bond donors (Lipinski definition) is 1. The van der Waals surface area contributed by atoms with Gasteiger partial charge in [-0.25, -0.2) is 4.39 Å². The zero-order valence-electron chi connectivity index (χ0n) is 14.4. The summed E-state index contributed by atoms with van der Waals surface area (Å²) in [4.78, 5) is 12.1. The van der Waals surface area contributed by atoms with Crippen LogP contribution >= 0.6 is 15.9 Å². The maximum Gasteiger partial charge on any atom is 0.262 e. The summed E-state index contributed by atoms with van der Waals surface area (Å²) < 4.78 is 19.6. The molecule has 2 aromatic carbocycles. The second-order valence-electron chi connectivity index (χ2n) is 5.90. The molecule has 2 aromatic rings. The number of nitrogens with one attached hydrogen (secondary N) is 1. The van der Waals surface area contributed by atoms with E-state index in [1.807, 2.05) is 19.9 Å². The van der Waals surface area contributed by atoms with Gasteiger partial charge in [0.05, 0.1) is 0 Å². The molecule has 1 amide bonds. The summed E-state index contributed by atoms with van der Waals surface area (Å²) >= 11 is 3.38. The van der Waals surface area contributed by atoms with Crippen LogP contribution in [0, 0.1) is 17.1 Å². The molecule has 0 unspecified atom stereocenters. The Morgan fingerprint density at radius 2 is 2.00 bits per heavy atom. The fourth-order valence-electron chi connectivity index (χ4n) is 2.15. The van der Waals surface area contributed by atoms with Crippen molar-refractivity contribution in [2.45, 2.75) is 26.5 Å². The normalized spacial score (nSPS) is 11.2. The lowest BCUT2D eigenvalue weighted by molar-refractivity contribution is -0.117. The summed E-state index contributed by atoms with van der Waals surface area (Å²) in [6.45, 7) is 3.88. The van der Waals surface area contributed by atoms with E-state index in [9.17, 15) is 14.4 Å². The number of hydrogen-bond acceptors (Lipinski definition) is 3. The molecule has 0 aromatic heterocycles. The highest BCUT2D eigenvalue weighted by Gasteiger charge is 2.12. The second kappa shape index (κ2) is 9.16. The topological polar surface area (TPSA) is 62.1 Å². The van der Waals surface area contributed by atoms with Crippen molar-refractivity contribution in [3.05, 3.63) is 69.5 Å². The summed E-state index contributed by atoms with van der Waals surface area (Å²) in [5.41, 5.74) is 1.39.